The van der Waals surface area contributed by atoms with E-state index in [9.17, 15) is 5.11 Å². The number of nitrogens with zero attached hydrogens (tertiary/aromatic N) is 2. The van der Waals surface area contributed by atoms with Crippen LogP contribution in [0.3, 0.4) is 0 Å². The molecular formula is C29H23ClN2O. The summed E-state index contributed by atoms with van der Waals surface area (Å²) < 4.78 is 2.03. The number of rotatable bonds is 6. The highest BCUT2D eigenvalue weighted by atomic mass is 35.5. The number of hydrogen-bond donors (Lipinski definition) is 1. The first-order chi connectivity index (χ1) is 16.2. The maximum Gasteiger partial charge on any atom is 0.138 e. The summed E-state index contributed by atoms with van der Waals surface area (Å²) in [5, 5.41) is 16.5. The molecule has 0 spiro atoms. The molecule has 1 N–H and O–H groups in total. The van der Waals surface area contributed by atoms with Gasteiger partial charge >= 0.3 is 0 Å². The van der Waals surface area contributed by atoms with Crippen molar-refractivity contribution in [1.82, 2.24) is 9.78 Å². The Labute approximate surface area is 198 Å². The van der Waals surface area contributed by atoms with E-state index >= 15 is 0 Å². The zero-order valence-corrected chi connectivity index (χ0v) is 18.8. The minimum Gasteiger partial charge on any atom is -0.392 e. The molecule has 0 amide bonds. The predicted octanol–water partition coefficient (Wildman–Crippen LogP) is 6.67. The highest BCUT2D eigenvalue weighted by molar-refractivity contribution is 6.33. The first kappa shape index (κ1) is 21.2. The topological polar surface area (TPSA) is 38.0 Å². The lowest BCUT2D eigenvalue weighted by atomic mass is 9.77. The third kappa shape index (κ3) is 3.29. The monoisotopic (exact) mass is 450 g/mol. The molecular weight excluding hydrogens is 428 g/mol. The van der Waals surface area contributed by atoms with E-state index in [-0.39, 0.29) is 6.61 Å². The fourth-order valence-corrected chi connectivity index (χ4v) is 5.07. The molecule has 0 bridgehead atoms. The van der Waals surface area contributed by atoms with Crippen molar-refractivity contribution in [2.24, 2.45) is 0 Å². The van der Waals surface area contributed by atoms with Crippen LogP contribution in [0.5, 0.6) is 0 Å². The minimum absolute atomic E-state index is 0.154. The van der Waals surface area contributed by atoms with Crippen molar-refractivity contribution in [3.8, 4) is 0 Å². The SMILES string of the molecule is C=Cc1c(Cl)cc2c(cnn2C(c2ccccc2)(c2ccccc2)c2ccccc2)c1CO. The van der Waals surface area contributed by atoms with Crippen molar-refractivity contribution in [3.63, 3.8) is 0 Å². The van der Waals surface area contributed by atoms with E-state index < -0.39 is 5.54 Å². The van der Waals surface area contributed by atoms with Crippen molar-refractivity contribution in [3.05, 3.63) is 143 Å². The second-order valence-electron chi connectivity index (χ2n) is 7.91. The Morgan fingerprint density at radius 1 is 0.848 bits per heavy atom. The maximum atomic E-state index is 10.2. The predicted molar refractivity (Wildman–Crippen MR) is 135 cm³/mol. The molecule has 0 radical (unpaired) electrons. The molecule has 0 unspecified atom stereocenters. The van der Waals surface area contributed by atoms with E-state index in [2.05, 4.69) is 43.0 Å². The van der Waals surface area contributed by atoms with Gasteiger partial charge < -0.3 is 5.11 Å². The second kappa shape index (κ2) is 8.70. The number of hydrogen-bond acceptors (Lipinski definition) is 2. The highest BCUT2D eigenvalue weighted by Crippen LogP contribution is 2.43. The third-order valence-electron chi connectivity index (χ3n) is 6.23. The average molecular weight is 451 g/mol. The standard InChI is InChI=1S/C29H23ClN2O/c1-2-24-26(20-33)25-19-31-32(28(25)18-27(24)30)29(21-12-6-3-7-13-21,22-14-8-4-9-15-22)23-16-10-5-11-17-23/h2-19,33H,1,20H2. The molecule has 5 aromatic rings. The van der Waals surface area contributed by atoms with Gasteiger partial charge in [-0.05, 0) is 33.9 Å². The van der Waals surface area contributed by atoms with Gasteiger partial charge in [0.15, 0.2) is 0 Å². The summed E-state index contributed by atoms with van der Waals surface area (Å²) in [6.07, 6.45) is 3.50. The van der Waals surface area contributed by atoms with Crippen LogP contribution in [0.25, 0.3) is 17.0 Å². The minimum atomic E-state index is -0.753. The second-order valence-corrected chi connectivity index (χ2v) is 8.32. The molecule has 4 heteroatoms. The zero-order valence-electron chi connectivity index (χ0n) is 18.0. The molecule has 0 saturated carbocycles. The molecule has 0 atom stereocenters. The van der Waals surface area contributed by atoms with Crippen LogP contribution in [-0.4, -0.2) is 14.9 Å². The normalized spacial score (nSPS) is 11.6. The van der Waals surface area contributed by atoms with Gasteiger partial charge in [0.2, 0.25) is 0 Å². The van der Waals surface area contributed by atoms with Crippen molar-refractivity contribution >= 4 is 28.6 Å². The summed E-state index contributed by atoms with van der Waals surface area (Å²) in [4.78, 5) is 0. The Balaban J connectivity index is 1.98. The van der Waals surface area contributed by atoms with E-state index in [1.54, 1.807) is 6.08 Å². The molecule has 5 rings (SSSR count). The molecule has 1 heterocycles. The Morgan fingerprint density at radius 2 is 1.33 bits per heavy atom. The number of benzene rings is 4. The molecule has 0 aliphatic carbocycles. The Bertz CT molecular complexity index is 1310. The molecule has 0 aliphatic heterocycles. The van der Waals surface area contributed by atoms with Crippen LogP contribution >= 0.6 is 11.6 Å². The lowest BCUT2D eigenvalue weighted by molar-refractivity contribution is 0.283. The maximum absolute atomic E-state index is 10.2. The van der Waals surface area contributed by atoms with Crippen LogP contribution in [0, 0.1) is 0 Å². The Morgan fingerprint density at radius 3 is 1.76 bits per heavy atom. The molecule has 33 heavy (non-hydrogen) atoms. The van der Waals surface area contributed by atoms with E-state index in [0.717, 1.165) is 38.7 Å². The van der Waals surface area contributed by atoms with Crippen LogP contribution in [-0.2, 0) is 12.1 Å². The molecule has 0 fully saturated rings. The summed E-state index contributed by atoms with van der Waals surface area (Å²) in [6, 6.07) is 33.0. The van der Waals surface area contributed by atoms with Crippen LogP contribution in [0.2, 0.25) is 5.02 Å². The lowest BCUT2D eigenvalue weighted by Gasteiger charge is -2.37. The molecule has 162 valence electrons. The molecule has 3 nitrogen and oxygen atoms in total. The first-order valence-corrected chi connectivity index (χ1v) is 11.2. The first-order valence-electron chi connectivity index (χ1n) is 10.8. The van der Waals surface area contributed by atoms with Crippen molar-refractivity contribution in [2.45, 2.75) is 12.1 Å². The van der Waals surface area contributed by atoms with Gasteiger partial charge in [-0.2, -0.15) is 5.10 Å². The number of aliphatic hydroxyl groups excluding tert-OH is 1. The average Bonchev–Trinajstić information content (AvgIpc) is 3.29. The van der Waals surface area contributed by atoms with Gasteiger partial charge in [-0.25, -0.2) is 4.68 Å². The van der Waals surface area contributed by atoms with E-state index in [0.29, 0.717) is 5.02 Å². The Hall–Kier alpha value is -3.66. The van der Waals surface area contributed by atoms with E-state index in [1.165, 1.54) is 0 Å². The molecule has 0 saturated heterocycles. The molecule has 1 aromatic heterocycles. The summed E-state index contributed by atoms with van der Waals surface area (Å²) in [5.74, 6) is 0. The number of aromatic nitrogens is 2. The fraction of sp³-hybridized carbons (Fsp3) is 0.0690. The third-order valence-corrected chi connectivity index (χ3v) is 6.54. The summed E-state index contributed by atoms with van der Waals surface area (Å²) in [7, 11) is 0. The smallest absolute Gasteiger partial charge is 0.138 e. The van der Waals surface area contributed by atoms with Gasteiger partial charge in [0.25, 0.3) is 0 Å². The zero-order chi connectivity index (χ0) is 22.8. The summed E-state index contributed by atoms with van der Waals surface area (Å²) in [6.45, 7) is 3.73. The van der Waals surface area contributed by atoms with Crippen molar-refractivity contribution < 1.29 is 5.11 Å². The van der Waals surface area contributed by atoms with Gasteiger partial charge in [-0.15, -0.1) is 0 Å². The highest BCUT2D eigenvalue weighted by Gasteiger charge is 2.40. The van der Waals surface area contributed by atoms with E-state index in [1.807, 2.05) is 71.5 Å². The van der Waals surface area contributed by atoms with E-state index in [4.69, 9.17) is 16.7 Å². The van der Waals surface area contributed by atoms with Crippen LogP contribution < -0.4 is 0 Å². The van der Waals surface area contributed by atoms with Gasteiger partial charge in [0, 0.05) is 5.39 Å². The van der Waals surface area contributed by atoms with Crippen LogP contribution in [0.15, 0.2) is 110 Å². The van der Waals surface area contributed by atoms with Crippen molar-refractivity contribution in [1.29, 1.82) is 0 Å². The van der Waals surface area contributed by atoms with Crippen LogP contribution in [0.1, 0.15) is 27.8 Å². The van der Waals surface area contributed by atoms with Gasteiger partial charge in [0.1, 0.15) is 5.54 Å². The van der Waals surface area contributed by atoms with Gasteiger partial charge in [-0.3, -0.25) is 0 Å². The van der Waals surface area contributed by atoms with Crippen LogP contribution in [0.4, 0.5) is 0 Å². The van der Waals surface area contributed by atoms with Crippen molar-refractivity contribution in [2.75, 3.05) is 0 Å². The quantitative estimate of drug-likeness (QED) is 0.293. The Kier molecular flexibility index (Phi) is 5.59. The lowest BCUT2D eigenvalue weighted by Crippen LogP contribution is -2.38. The summed E-state index contributed by atoms with van der Waals surface area (Å²) in [5.41, 5.74) is 4.76. The number of aliphatic hydroxyl groups is 1. The van der Waals surface area contributed by atoms with Gasteiger partial charge in [0.05, 0.1) is 23.3 Å². The largest absolute Gasteiger partial charge is 0.392 e. The number of fused-ring (bicyclic) bond motifs is 1. The number of halogens is 1. The molecule has 4 aromatic carbocycles. The summed E-state index contributed by atoms with van der Waals surface area (Å²) >= 11 is 6.68. The fourth-order valence-electron chi connectivity index (χ4n) is 4.78. The molecule has 0 aliphatic rings. The van der Waals surface area contributed by atoms with Gasteiger partial charge in [-0.1, -0.05) is 115 Å².